The molecule has 1 aliphatic heterocycles. The molecule has 160 valence electrons. The lowest BCUT2D eigenvalue weighted by molar-refractivity contribution is 0.399. The van der Waals surface area contributed by atoms with Crippen LogP contribution in [0.3, 0.4) is 0 Å². The number of aromatic amines is 1. The first-order valence-corrected chi connectivity index (χ1v) is 10.4. The van der Waals surface area contributed by atoms with Gasteiger partial charge in [-0.25, -0.2) is 14.4 Å². The summed E-state index contributed by atoms with van der Waals surface area (Å²) in [6.45, 7) is 1.97. The minimum absolute atomic E-state index is 0.0213. The van der Waals surface area contributed by atoms with Crippen molar-refractivity contribution in [3.8, 4) is 11.4 Å². The smallest absolute Gasteiger partial charge is 0.130 e. The first kappa shape index (κ1) is 20.7. The molecule has 2 aromatic heterocycles. The number of aromatic nitrogens is 3. The van der Waals surface area contributed by atoms with E-state index < -0.39 is 0 Å². The van der Waals surface area contributed by atoms with E-state index in [2.05, 4.69) is 20.3 Å². The number of amidine groups is 1. The van der Waals surface area contributed by atoms with Crippen LogP contribution in [0.15, 0.2) is 54.7 Å². The third-order valence-corrected chi connectivity index (χ3v) is 5.27. The van der Waals surface area contributed by atoms with Gasteiger partial charge in [0.05, 0.1) is 23.6 Å². The summed E-state index contributed by atoms with van der Waals surface area (Å²) in [6, 6.07) is 12.4. The lowest BCUT2D eigenvalue weighted by Crippen LogP contribution is -2.28. The fourth-order valence-corrected chi connectivity index (χ4v) is 3.80. The molecule has 0 bridgehead atoms. The number of hydrogen-bond donors (Lipinski definition) is 4. The monoisotopic (exact) mass is 419 g/mol. The number of H-pyrrole nitrogens is 1. The van der Waals surface area contributed by atoms with Crippen LogP contribution in [-0.4, -0.2) is 45.3 Å². The van der Waals surface area contributed by atoms with Crippen molar-refractivity contribution in [2.45, 2.75) is 18.9 Å². The molecule has 5 N–H and O–H groups in total. The number of nitrogens with zero attached hydrogens (tertiary/aromatic N) is 3. The Hall–Kier alpha value is -3.52. The lowest BCUT2D eigenvalue weighted by Gasteiger charge is -2.26. The number of anilines is 1. The van der Waals surface area contributed by atoms with Gasteiger partial charge in [-0.15, -0.1) is 0 Å². The summed E-state index contributed by atoms with van der Waals surface area (Å²) >= 11 is 0. The average molecular weight is 420 g/mol. The summed E-state index contributed by atoms with van der Waals surface area (Å²) in [5, 5.41) is 11.7. The van der Waals surface area contributed by atoms with Crippen LogP contribution in [0.4, 0.5) is 10.2 Å². The maximum atomic E-state index is 13.6. The van der Waals surface area contributed by atoms with Crippen LogP contribution in [0.1, 0.15) is 30.3 Å². The molecule has 7 nitrogen and oxygen atoms in total. The zero-order valence-corrected chi connectivity index (χ0v) is 17.2. The van der Waals surface area contributed by atoms with Gasteiger partial charge in [-0.05, 0) is 54.8 Å². The third-order valence-electron chi connectivity index (χ3n) is 5.27. The molecule has 31 heavy (non-hydrogen) atoms. The Morgan fingerprint density at radius 1 is 1.32 bits per heavy atom. The number of nitrogens with one attached hydrogen (secondary N) is 3. The minimum Gasteiger partial charge on any atom is -0.369 e. The Morgan fingerprint density at radius 2 is 2.19 bits per heavy atom. The third kappa shape index (κ3) is 4.97. The molecule has 4 rings (SSSR count). The van der Waals surface area contributed by atoms with Gasteiger partial charge in [0.25, 0.3) is 0 Å². The largest absolute Gasteiger partial charge is 0.369 e. The predicted octanol–water partition coefficient (Wildman–Crippen LogP) is 3.81. The van der Waals surface area contributed by atoms with Crippen molar-refractivity contribution in [3.05, 3.63) is 71.9 Å². The van der Waals surface area contributed by atoms with E-state index in [1.807, 2.05) is 29.2 Å². The van der Waals surface area contributed by atoms with Crippen molar-refractivity contribution in [3.63, 3.8) is 0 Å². The van der Waals surface area contributed by atoms with Gasteiger partial charge in [0, 0.05) is 19.6 Å². The normalized spacial score (nSPS) is 16.2. The SMILES string of the molecule is N=C(/C=C\c1ncc(-c2cccc(NCCN)n2)[nH]1)N1CCCC1c1cccc(F)c1. The van der Waals surface area contributed by atoms with Crippen molar-refractivity contribution in [1.82, 2.24) is 19.9 Å². The number of rotatable bonds is 7. The highest BCUT2D eigenvalue weighted by Gasteiger charge is 2.27. The highest BCUT2D eigenvalue weighted by atomic mass is 19.1. The Kier molecular flexibility index (Phi) is 6.37. The number of pyridine rings is 1. The van der Waals surface area contributed by atoms with Gasteiger partial charge in [0.2, 0.25) is 0 Å². The molecule has 1 unspecified atom stereocenters. The highest BCUT2D eigenvalue weighted by Crippen LogP contribution is 2.32. The van der Waals surface area contributed by atoms with Crippen LogP contribution < -0.4 is 11.1 Å². The number of imidazole rings is 1. The second-order valence-electron chi connectivity index (χ2n) is 7.43. The molecule has 0 aliphatic carbocycles. The van der Waals surface area contributed by atoms with Crippen LogP contribution in [-0.2, 0) is 0 Å². The number of halogens is 1. The predicted molar refractivity (Wildman–Crippen MR) is 121 cm³/mol. The molecule has 0 spiro atoms. The van der Waals surface area contributed by atoms with Crippen LogP contribution >= 0.6 is 0 Å². The molecule has 1 aliphatic rings. The number of hydrogen-bond acceptors (Lipinski definition) is 5. The van der Waals surface area contributed by atoms with Gasteiger partial charge in [0.15, 0.2) is 0 Å². The number of likely N-dealkylation sites (tertiary alicyclic amines) is 1. The second kappa shape index (κ2) is 9.53. The first-order chi connectivity index (χ1) is 15.1. The van der Waals surface area contributed by atoms with Gasteiger partial charge >= 0.3 is 0 Å². The Morgan fingerprint density at radius 3 is 3.03 bits per heavy atom. The highest BCUT2D eigenvalue weighted by molar-refractivity contribution is 5.94. The van der Waals surface area contributed by atoms with Crippen molar-refractivity contribution in [1.29, 1.82) is 5.41 Å². The second-order valence-corrected chi connectivity index (χ2v) is 7.43. The van der Waals surface area contributed by atoms with E-state index in [9.17, 15) is 4.39 Å². The van der Waals surface area contributed by atoms with E-state index in [4.69, 9.17) is 11.1 Å². The molecule has 3 aromatic rings. The number of benzene rings is 1. The zero-order valence-electron chi connectivity index (χ0n) is 17.2. The molecule has 0 saturated carbocycles. The van der Waals surface area contributed by atoms with Crippen molar-refractivity contribution in [2.24, 2.45) is 5.73 Å². The summed E-state index contributed by atoms with van der Waals surface area (Å²) in [7, 11) is 0. The summed E-state index contributed by atoms with van der Waals surface area (Å²) < 4.78 is 13.6. The summed E-state index contributed by atoms with van der Waals surface area (Å²) in [5.74, 6) is 1.54. The summed E-state index contributed by atoms with van der Waals surface area (Å²) in [5.41, 5.74) is 8.00. The summed E-state index contributed by atoms with van der Waals surface area (Å²) in [4.78, 5) is 14.2. The Bertz CT molecular complexity index is 1080. The Labute approximate surface area is 180 Å². The molecular weight excluding hydrogens is 393 g/mol. The first-order valence-electron chi connectivity index (χ1n) is 10.4. The van der Waals surface area contributed by atoms with Crippen LogP contribution in [0.5, 0.6) is 0 Å². The van der Waals surface area contributed by atoms with E-state index >= 15 is 0 Å². The fraction of sp³-hybridized carbons (Fsp3) is 0.261. The quantitative estimate of drug-likeness (QED) is 0.344. The topological polar surface area (TPSA) is 107 Å². The standard InChI is InChI=1S/C23H26FN7/c24-17-5-1-4-16(14-17)20-7-3-13-31(20)21(26)9-10-23-28-15-19(30-23)18-6-2-8-22(29-18)27-12-11-25/h1-2,4-6,8-10,14-15,20,26H,3,7,11-13,25H2,(H,27,29)(H,28,30)/b10-9-,26-21?. The maximum Gasteiger partial charge on any atom is 0.130 e. The van der Waals surface area contributed by atoms with Gasteiger partial charge < -0.3 is 20.9 Å². The fourth-order valence-electron chi connectivity index (χ4n) is 3.80. The summed E-state index contributed by atoms with van der Waals surface area (Å²) in [6.07, 6.45) is 7.12. The van der Waals surface area contributed by atoms with E-state index in [0.29, 0.717) is 24.7 Å². The van der Waals surface area contributed by atoms with Gasteiger partial charge in [0.1, 0.15) is 23.3 Å². The van der Waals surface area contributed by atoms with E-state index in [1.165, 1.54) is 6.07 Å². The van der Waals surface area contributed by atoms with E-state index in [-0.39, 0.29) is 11.9 Å². The molecule has 1 aromatic carbocycles. The minimum atomic E-state index is -0.245. The average Bonchev–Trinajstić information content (AvgIpc) is 3.46. The van der Waals surface area contributed by atoms with Crippen molar-refractivity contribution in [2.75, 3.05) is 25.0 Å². The molecule has 0 amide bonds. The van der Waals surface area contributed by atoms with Crippen molar-refractivity contribution < 1.29 is 4.39 Å². The van der Waals surface area contributed by atoms with Gasteiger partial charge in [-0.3, -0.25) is 5.41 Å². The van der Waals surface area contributed by atoms with Crippen LogP contribution in [0.2, 0.25) is 0 Å². The lowest BCUT2D eigenvalue weighted by atomic mass is 10.0. The molecule has 1 saturated heterocycles. The zero-order chi connectivity index (χ0) is 21.6. The maximum absolute atomic E-state index is 13.6. The molecular formula is C23H26FN7. The van der Waals surface area contributed by atoms with Crippen LogP contribution in [0, 0.1) is 11.2 Å². The number of nitrogens with two attached hydrogens (primary N) is 1. The Balaban J connectivity index is 1.44. The molecule has 1 fully saturated rings. The molecule has 1 atom stereocenters. The van der Waals surface area contributed by atoms with Crippen LogP contribution in [0.25, 0.3) is 17.5 Å². The van der Waals surface area contributed by atoms with E-state index in [1.54, 1.807) is 30.5 Å². The van der Waals surface area contributed by atoms with E-state index in [0.717, 1.165) is 42.2 Å². The van der Waals surface area contributed by atoms with Gasteiger partial charge in [-0.2, -0.15) is 0 Å². The molecule has 8 heteroatoms. The molecule has 0 radical (unpaired) electrons. The molecule has 3 heterocycles. The van der Waals surface area contributed by atoms with Crippen molar-refractivity contribution >= 4 is 17.7 Å². The van der Waals surface area contributed by atoms with Gasteiger partial charge in [-0.1, -0.05) is 18.2 Å².